The summed E-state index contributed by atoms with van der Waals surface area (Å²) in [6.07, 6.45) is 4.85. The number of methoxy groups -OCH3 is 1. The van der Waals surface area contributed by atoms with E-state index >= 15 is 0 Å². The van der Waals surface area contributed by atoms with Crippen LogP contribution in [0.15, 0.2) is 30.3 Å². The highest BCUT2D eigenvalue weighted by molar-refractivity contribution is 7.87. The van der Waals surface area contributed by atoms with Gasteiger partial charge in [0.15, 0.2) is 5.65 Å². The van der Waals surface area contributed by atoms with Crippen molar-refractivity contribution in [1.82, 2.24) is 28.7 Å². The molecule has 12 nitrogen and oxygen atoms in total. The third-order valence-corrected chi connectivity index (χ3v) is 10.9. The van der Waals surface area contributed by atoms with Crippen molar-refractivity contribution < 1.29 is 27.1 Å². The third-order valence-electron chi connectivity index (χ3n) is 9.52. The molecule has 3 saturated heterocycles. The minimum Gasteiger partial charge on any atom is -0.379 e. The van der Waals surface area contributed by atoms with Crippen LogP contribution in [0.5, 0.6) is 0 Å². The standard InChI is InChI=1S/C30H38FN7O5S/c1-42-24-18-37(19-24)44(40,41)34-30(39)25-17-26(36-11-9-22(10-12-36)35-13-15-43-16-14-35)27-28(20-3-2-4-20)33-38(29(27)32-25)23-7-5-21(31)6-8-23/h5-8,17,20,22,24H,2-4,9-16,18-19H2,1H3,(H,34,39). The molecule has 1 N–H and O–H groups in total. The van der Waals surface area contributed by atoms with Gasteiger partial charge in [-0.3, -0.25) is 9.69 Å². The van der Waals surface area contributed by atoms with Gasteiger partial charge in [-0.05, 0) is 56.0 Å². The quantitative estimate of drug-likeness (QED) is 0.401. The molecule has 0 atom stereocenters. The van der Waals surface area contributed by atoms with Gasteiger partial charge in [0, 0.05) is 58.3 Å². The number of aromatic nitrogens is 3. The van der Waals surface area contributed by atoms with Gasteiger partial charge in [-0.25, -0.2) is 18.8 Å². The van der Waals surface area contributed by atoms with Crippen LogP contribution in [-0.2, 0) is 19.7 Å². The average Bonchev–Trinajstić information content (AvgIpc) is 3.34. The Morgan fingerprint density at radius 1 is 1.05 bits per heavy atom. The van der Waals surface area contributed by atoms with Gasteiger partial charge in [0.25, 0.3) is 5.91 Å². The van der Waals surface area contributed by atoms with Gasteiger partial charge in [-0.2, -0.15) is 17.8 Å². The number of fused-ring (bicyclic) bond motifs is 1. The molecule has 1 saturated carbocycles. The molecule has 14 heteroatoms. The first-order valence-corrected chi connectivity index (χ1v) is 16.9. The second kappa shape index (κ2) is 12.0. The first-order chi connectivity index (χ1) is 21.3. The molecule has 236 valence electrons. The number of hydrogen-bond acceptors (Lipinski definition) is 9. The van der Waals surface area contributed by atoms with E-state index < -0.39 is 16.1 Å². The number of morpholine rings is 1. The minimum absolute atomic E-state index is 0.0152. The Kier molecular flexibility index (Phi) is 8.04. The lowest BCUT2D eigenvalue weighted by Crippen LogP contribution is -2.58. The molecule has 7 rings (SSSR count). The highest BCUT2D eigenvalue weighted by atomic mass is 32.2. The molecule has 2 aromatic heterocycles. The number of anilines is 1. The molecule has 0 bridgehead atoms. The van der Waals surface area contributed by atoms with Crippen molar-refractivity contribution in [3.8, 4) is 5.69 Å². The van der Waals surface area contributed by atoms with E-state index in [0.717, 1.165) is 88.3 Å². The Labute approximate surface area is 256 Å². The molecule has 1 amide bonds. The second-order valence-electron chi connectivity index (χ2n) is 12.1. The van der Waals surface area contributed by atoms with Crippen molar-refractivity contribution in [3.63, 3.8) is 0 Å². The van der Waals surface area contributed by atoms with Gasteiger partial charge >= 0.3 is 10.2 Å². The van der Waals surface area contributed by atoms with Crippen LogP contribution in [0.4, 0.5) is 10.1 Å². The lowest BCUT2D eigenvalue weighted by Gasteiger charge is -2.41. The summed E-state index contributed by atoms with van der Waals surface area (Å²) in [5.41, 5.74) is 2.80. The predicted octanol–water partition coefficient (Wildman–Crippen LogP) is 2.43. The number of nitrogens with one attached hydrogen (secondary N) is 1. The molecule has 0 unspecified atom stereocenters. The summed E-state index contributed by atoms with van der Waals surface area (Å²) in [5, 5.41) is 5.88. The monoisotopic (exact) mass is 627 g/mol. The van der Waals surface area contributed by atoms with E-state index in [0.29, 0.717) is 17.4 Å². The summed E-state index contributed by atoms with van der Waals surface area (Å²) in [7, 11) is -2.55. The average molecular weight is 628 g/mol. The summed E-state index contributed by atoms with van der Waals surface area (Å²) in [6, 6.07) is 8.18. The van der Waals surface area contributed by atoms with E-state index in [9.17, 15) is 17.6 Å². The first-order valence-electron chi connectivity index (χ1n) is 15.4. The van der Waals surface area contributed by atoms with Gasteiger partial charge < -0.3 is 14.4 Å². The fourth-order valence-electron chi connectivity index (χ4n) is 6.61. The zero-order valence-corrected chi connectivity index (χ0v) is 25.6. The maximum atomic E-state index is 13.9. The SMILES string of the molecule is COC1CN(S(=O)(=O)NC(=O)c2cc(N3CCC(N4CCOCC4)CC3)c3c(C4CCC4)nn(-c4ccc(F)cc4)c3n2)C1. The third kappa shape index (κ3) is 5.58. The molecular formula is C30H38FN7O5S. The summed E-state index contributed by atoms with van der Waals surface area (Å²) in [5.74, 6) is -0.923. The van der Waals surface area contributed by atoms with Gasteiger partial charge in [-0.1, -0.05) is 6.42 Å². The normalized spacial score (nSPS) is 21.4. The number of benzene rings is 1. The molecule has 0 spiro atoms. The summed E-state index contributed by atoms with van der Waals surface area (Å²) < 4.78 is 55.6. The number of pyridine rings is 1. The summed E-state index contributed by atoms with van der Waals surface area (Å²) in [4.78, 5) is 23.1. The lowest BCUT2D eigenvalue weighted by molar-refractivity contribution is 0.0115. The van der Waals surface area contributed by atoms with E-state index in [4.69, 9.17) is 19.6 Å². The van der Waals surface area contributed by atoms with E-state index in [-0.39, 0.29) is 36.6 Å². The molecule has 0 radical (unpaired) electrons. The van der Waals surface area contributed by atoms with Crippen LogP contribution >= 0.6 is 0 Å². The number of carbonyl (C=O) groups excluding carboxylic acids is 1. The molecule has 1 aliphatic carbocycles. The van der Waals surface area contributed by atoms with Crippen LogP contribution in [0.1, 0.15) is 54.2 Å². The maximum absolute atomic E-state index is 13.9. The summed E-state index contributed by atoms with van der Waals surface area (Å²) >= 11 is 0. The van der Waals surface area contributed by atoms with Gasteiger partial charge in [0.1, 0.15) is 11.5 Å². The zero-order valence-electron chi connectivity index (χ0n) is 24.8. The topological polar surface area (TPSA) is 122 Å². The van der Waals surface area contributed by atoms with Crippen LogP contribution in [-0.4, -0.2) is 110 Å². The van der Waals surface area contributed by atoms with E-state index in [1.165, 1.54) is 23.5 Å². The number of halogens is 1. The van der Waals surface area contributed by atoms with Crippen LogP contribution in [0, 0.1) is 5.82 Å². The van der Waals surface area contributed by atoms with Gasteiger partial charge in [0.2, 0.25) is 0 Å². The fourth-order valence-corrected chi connectivity index (χ4v) is 7.81. The number of amides is 1. The van der Waals surface area contributed by atoms with Crippen LogP contribution in [0.25, 0.3) is 16.7 Å². The molecule has 4 aliphatic rings. The first kappa shape index (κ1) is 29.5. The molecular weight excluding hydrogens is 589 g/mol. The van der Waals surface area contributed by atoms with Crippen molar-refractivity contribution in [2.24, 2.45) is 0 Å². The molecule has 5 heterocycles. The van der Waals surface area contributed by atoms with Crippen LogP contribution in [0.2, 0.25) is 0 Å². The summed E-state index contributed by atoms with van der Waals surface area (Å²) in [6.45, 7) is 5.28. The lowest BCUT2D eigenvalue weighted by atomic mass is 9.82. The zero-order chi connectivity index (χ0) is 30.4. The minimum atomic E-state index is -4.07. The van der Waals surface area contributed by atoms with Gasteiger partial charge in [-0.15, -0.1) is 0 Å². The van der Waals surface area contributed by atoms with E-state index in [1.54, 1.807) is 22.9 Å². The molecule has 44 heavy (non-hydrogen) atoms. The molecule has 3 aliphatic heterocycles. The Morgan fingerprint density at radius 3 is 2.39 bits per heavy atom. The number of hydrogen-bond donors (Lipinski definition) is 1. The highest BCUT2D eigenvalue weighted by Gasteiger charge is 2.38. The number of nitrogens with zero attached hydrogens (tertiary/aromatic N) is 6. The van der Waals surface area contributed by atoms with E-state index in [2.05, 4.69) is 14.5 Å². The van der Waals surface area contributed by atoms with Crippen molar-refractivity contribution in [2.75, 3.05) is 64.5 Å². The van der Waals surface area contributed by atoms with Crippen molar-refractivity contribution in [1.29, 1.82) is 0 Å². The number of piperidine rings is 1. The Hall–Kier alpha value is -3.17. The van der Waals surface area contributed by atoms with E-state index in [1.807, 2.05) is 0 Å². The number of carbonyl (C=O) groups is 1. The fraction of sp³-hybridized carbons (Fsp3) is 0.567. The highest BCUT2D eigenvalue weighted by Crippen LogP contribution is 2.43. The number of ether oxygens (including phenoxy) is 2. The van der Waals surface area contributed by atoms with Crippen molar-refractivity contribution >= 4 is 32.8 Å². The molecule has 1 aromatic carbocycles. The van der Waals surface area contributed by atoms with Gasteiger partial charge in [0.05, 0.1) is 41.8 Å². The number of rotatable bonds is 8. The van der Waals surface area contributed by atoms with Crippen LogP contribution < -0.4 is 9.62 Å². The second-order valence-corrected chi connectivity index (χ2v) is 13.8. The van der Waals surface area contributed by atoms with Crippen molar-refractivity contribution in [3.05, 3.63) is 47.5 Å². The molecule has 4 fully saturated rings. The largest absolute Gasteiger partial charge is 0.379 e. The Bertz CT molecular complexity index is 1630. The predicted molar refractivity (Wildman–Crippen MR) is 162 cm³/mol. The Morgan fingerprint density at radius 2 is 1.75 bits per heavy atom. The van der Waals surface area contributed by atoms with Crippen LogP contribution in [0.3, 0.4) is 0 Å². The molecule has 3 aromatic rings. The maximum Gasteiger partial charge on any atom is 0.304 e. The Balaban J connectivity index is 1.28. The smallest absolute Gasteiger partial charge is 0.304 e. The van der Waals surface area contributed by atoms with Crippen molar-refractivity contribution in [2.45, 2.75) is 50.2 Å².